The number of carbonyl (C=O) groups is 1. The van der Waals surface area contributed by atoms with E-state index in [-0.39, 0.29) is 17.1 Å². The molecule has 3 aromatic rings. The molecular weight excluding hydrogens is 333 g/mol. The molecule has 4 nitrogen and oxygen atoms in total. The highest BCUT2D eigenvalue weighted by molar-refractivity contribution is 6.02. The summed E-state index contributed by atoms with van der Waals surface area (Å²) in [7, 11) is 0. The Morgan fingerprint density at radius 1 is 1.12 bits per heavy atom. The van der Waals surface area contributed by atoms with Crippen molar-refractivity contribution in [3.63, 3.8) is 0 Å². The van der Waals surface area contributed by atoms with Crippen LogP contribution in [0.2, 0.25) is 0 Å². The minimum absolute atomic E-state index is 0.0187. The first-order valence-electron chi connectivity index (χ1n) is 7.34. The lowest BCUT2D eigenvalue weighted by atomic mass is 10.1. The molecule has 128 valence electrons. The van der Waals surface area contributed by atoms with Crippen molar-refractivity contribution in [1.29, 1.82) is 0 Å². The van der Waals surface area contributed by atoms with Crippen LogP contribution in [0.25, 0.3) is 11.3 Å². The number of aromatic nitrogens is 1. The SMILES string of the molecule is Cc1ccc(NC(=O)c2ccc(-c3cccc(C(F)(F)F)c3)o2)nc1. The number of halogens is 3. The van der Waals surface area contributed by atoms with Gasteiger partial charge in [0.05, 0.1) is 5.56 Å². The number of benzene rings is 1. The van der Waals surface area contributed by atoms with Crippen molar-refractivity contribution in [2.24, 2.45) is 0 Å². The van der Waals surface area contributed by atoms with Gasteiger partial charge in [-0.15, -0.1) is 0 Å². The summed E-state index contributed by atoms with van der Waals surface area (Å²) >= 11 is 0. The van der Waals surface area contributed by atoms with Crippen molar-refractivity contribution in [3.8, 4) is 11.3 Å². The molecule has 1 aromatic carbocycles. The van der Waals surface area contributed by atoms with Gasteiger partial charge in [-0.3, -0.25) is 4.79 Å². The molecule has 0 aliphatic carbocycles. The molecule has 2 aromatic heterocycles. The highest BCUT2D eigenvalue weighted by atomic mass is 19.4. The first-order chi connectivity index (χ1) is 11.8. The van der Waals surface area contributed by atoms with E-state index in [0.717, 1.165) is 17.7 Å². The molecule has 0 spiro atoms. The van der Waals surface area contributed by atoms with Crippen LogP contribution < -0.4 is 5.32 Å². The van der Waals surface area contributed by atoms with Gasteiger partial charge in [0, 0.05) is 11.8 Å². The molecule has 0 aliphatic heterocycles. The Balaban J connectivity index is 1.80. The molecule has 3 rings (SSSR count). The fourth-order valence-electron chi connectivity index (χ4n) is 2.18. The van der Waals surface area contributed by atoms with Gasteiger partial charge in [0.25, 0.3) is 5.91 Å². The lowest BCUT2D eigenvalue weighted by molar-refractivity contribution is -0.137. The van der Waals surface area contributed by atoms with Gasteiger partial charge in [-0.1, -0.05) is 18.2 Å². The molecule has 0 unspecified atom stereocenters. The van der Waals surface area contributed by atoms with E-state index in [1.807, 2.05) is 6.92 Å². The monoisotopic (exact) mass is 346 g/mol. The Morgan fingerprint density at radius 2 is 1.92 bits per heavy atom. The van der Waals surface area contributed by atoms with Crippen LogP contribution in [0.15, 0.2) is 59.1 Å². The van der Waals surface area contributed by atoms with Crippen LogP contribution in [0.3, 0.4) is 0 Å². The van der Waals surface area contributed by atoms with Gasteiger partial charge in [0.15, 0.2) is 5.76 Å². The number of aryl methyl sites for hydroxylation is 1. The number of hydrogen-bond acceptors (Lipinski definition) is 3. The second-order valence-corrected chi connectivity index (χ2v) is 5.42. The Kier molecular flexibility index (Phi) is 4.31. The maximum Gasteiger partial charge on any atom is 0.416 e. The number of alkyl halides is 3. The van der Waals surface area contributed by atoms with Crippen molar-refractivity contribution in [2.75, 3.05) is 5.32 Å². The zero-order valence-electron chi connectivity index (χ0n) is 13.1. The van der Waals surface area contributed by atoms with Crippen molar-refractivity contribution in [1.82, 2.24) is 4.98 Å². The maximum absolute atomic E-state index is 12.8. The summed E-state index contributed by atoms with van der Waals surface area (Å²) in [6.07, 6.45) is -2.84. The fraction of sp³-hybridized carbons (Fsp3) is 0.111. The topological polar surface area (TPSA) is 55.1 Å². The number of nitrogens with one attached hydrogen (secondary N) is 1. The first kappa shape index (κ1) is 16.8. The fourth-order valence-corrected chi connectivity index (χ4v) is 2.18. The zero-order valence-corrected chi connectivity index (χ0v) is 13.1. The van der Waals surface area contributed by atoms with Gasteiger partial charge in [0.2, 0.25) is 0 Å². The highest BCUT2D eigenvalue weighted by Gasteiger charge is 2.30. The van der Waals surface area contributed by atoms with Crippen LogP contribution in [-0.2, 0) is 6.18 Å². The molecule has 0 radical (unpaired) electrons. The van der Waals surface area contributed by atoms with E-state index in [4.69, 9.17) is 4.42 Å². The predicted molar refractivity (Wildman–Crippen MR) is 86.1 cm³/mol. The predicted octanol–water partition coefficient (Wildman–Crippen LogP) is 4.92. The molecule has 0 atom stereocenters. The minimum atomic E-state index is -4.44. The summed E-state index contributed by atoms with van der Waals surface area (Å²) in [6.45, 7) is 1.87. The molecule has 25 heavy (non-hydrogen) atoms. The van der Waals surface area contributed by atoms with Crippen LogP contribution in [0.1, 0.15) is 21.7 Å². The Bertz CT molecular complexity index is 899. The van der Waals surface area contributed by atoms with Crippen molar-refractivity contribution < 1.29 is 22.4 Å². The molecule has 0 fully saturated rings. The number of hydrogen-bond donors (Lipinski definition) is 1. The number of anilines is 1. The summed E-state index contributed by atoms with van der Waals surface area (Å²) in [5.74, 6) is -0.0231. The summed E-state index contributed by atoms with van der Waals surface area (Å²) in [6, 6.07) is 11.0. The Hall–Kier alpha value is -3.09. The van der Waals surface area contributed by atoms with E-state index in [1.54, 1.807) is 18.3 Å². The highest BCUT2D eigenvalue weighted by Crippen LogP contribution is 2.32. The van der Waals surface area contributed by atoms with Crippen molar-refractivity contribution in [3.05, 3.63) is 71.6 Å². The standard InChI is InChI=1S/C18H13F3N2O2/c1-11-5-8-16(22-10-11)23-17(24)15-7-6-14(25-15)12-3-2-4-13(9-12)18(19,20)21/h2-10H,1H3,(H,22,23,24). The second-order valence-electron chi connectivity index (χ2n) is 5.42. The lowest BCUT2D eigenvalue weighted by Gasteiger charge is -2.07. The molecule has 0 saturated heterocycles. The number of nitrogens with zero attached hydrogens (tertiary/aromatic N) is 1. The van der Waals surface area contributed by atoms with E-state index >= 15 is 0 Å². The molecular formula is C18H13F3N2O2. The van der Waals surface area contributed by atoms with E-state index in [2.05, 4.69) is 10.3 Å². The molecule has 2 heterocycles. The van der Waals surface area contributed by atoms with E-state index in [1.165, 1.54) is 24.3 Å². The van der Waals surface area contributed by atoms with Crippen LogP contribution in [0.5, 0.6) is 0 Å². The van der Waals surface area contributed by atoms with Crippen LogP contribution >= 0.6 is 0 Å². The van der Waals surface area contributed by atoms with Gasteiger partial charge in [-0.2, -0.15) is 13.2 Å². The number of carbonyl (C=O) groups excluding carboxylic acids is 1. The van der Waals surface area contributed by atoms with Gasteiger partial charge < -0.3 is 9.73 Å². The molecule has 1 amide bonds. The smallest absolute Gasteiger partial charge is 0.416 e. The van der Waals surface area contributed by atoms with Crippen LogP contribution in [-0.4, -0.2) is 10.9 Å². The van der Waals surface area contributed by atoms with Gasteiger partial charge in [-0.05, 0) is 42.8 Å². The quantitative estimate of drug-likeness (QED) is 0.732. The third kappa shape index (κ3) is 3.88. The third-order valence-electron chi connectivity index (χ3n) is 3.46. The van der Waals surface area contributed by atoms with Gasteiger partial charge in [0.1, 0.15) is 11.6 Å². The van der Waals surface area contributed by atoms with E-state index in [0.29, 0.717) is 5.82 Å². The summed E-state index contributed by atoms with van der Waals surface area (Å²) in [5, 5.41) is 2.56. The number of pyridine rings is 1. The Morgan fingerprint density at radius 3 is 2.60 bits per heavy atom. The Labute approximate surface area is 141 Å². The zero-order chi connectivity index (χ0) is 18.0. The normalized spacial score (nSPS) is 11.4. The maximum atomic E-state index is 12.8. The van der Waals surface area contributed by atoms with Crippen molar-refractivity contribution >= 4 is 11.7 Å². The molecule has 7 heteroatoms. The average molecular weight is 346 g/mol. The minimum Gasteiger partial charge on any atom is -0.451 e. The van der Waals surface area contributed by atoms with E-state index in [9.17, 15) is 18.0 Å². The van der Waals surface area contributed by atoms with E-state index < -0.39 is 17.6 Å². The summed E-state index contributed by atoms with van der Waals surface area (Å²) in [4.78, 5) is 16.2. The molecule has 0 bridgehead atoms. The van der Waals surface area contributed by atoms with Crippen LogP contribution in [0, 0.1) is 6.92 Å². The summed E-state index contributed by atoms with van der Waals surface area (Å²) in [5.41, 5.74) is 0.404. The summed E-state index contributed by atoms with van der Waals surface area (Å²) < 4.78 is 43.7. The molecule has 1 N–H and O–H groups in total. The number of amides is 1. The van der Waals surface area contributed by atoms with Gasteiger partial charge >= 0.3 is 6.18 Å². The third-order valence-corrected chi connectivity index (χ3v) is 3.46. The largest absolute Gasteiger partial charge is 0.451 e. The second kappa shape index (κ2) is 6.43. The first-order valence-corrected chi connectivity index (χ1v) is 7.34. The molecule has 0 saturated carbocycles. The average Bonchev–Trinajstić information content (AvgIpc) is 3.06. The lowest BCUT2D eigenvalue weighted by Crippen LogP contribution is -2.11. The number of rotatable bonds is 3. The molecule has 0 aliphatic rings. The van der Waals surface area contributed by atoms with Crippen LogP contribution in [0.4, 0.5) is 19.0 Å². The number of furan rings is 1. The van der Waals surface area contributed by atoms with Crippen molar-refractivity contribution in [2.45, 2.75) is 13.1 Å². The van der Waals surface area contributed by atoms with Gasteiger partial charge in [-0.25, -0.2) is 4.98 Å².